The van der Waals surface area contributed by atoms with E-state index in [1.165, 1.54) is 17.7 Å². The zero-order valence-corrected chi connectivity index (χ0v) is 12.5. The van der Waals surface area contributed by atoms with Crippen molar-refractivity contribution in [2.24, 2.45) is 5.84 Å². The van der Waals surface area contributed by atoms with Gasteiger partial charge in [0.15, 0.2) is 12.2 Å². The van der Waals surface area contributed by atoms with Crippen LogP contribution in [0.25, 0.3) is 20.9 Å². The minimum atomic E-state index is 0.403. The van der Waals surface area contributed by atoms with Gasteiger partial charge in [0.25, 0.3) is 0 Å². The first kappa shape index (κ1) is 13.4. The molecule has 4 rings (SSSR count). The molecule has 0 spiro atoms. The maximum absolute atomic E-state index is 5.50. The number of nitrogens with two attached hydrogens (primary N) is 1. The second kappa shape index (κ2) is 5.52. The Morgan fingerprint density at radius 2 is 2.14 bits per heavy atom. The van der Waals surface area contributed by atoms with E-state index in [0.717, 1.165) is 39.8 Å². The molecule has 8 nitrogen and oxygen atoms in total. The van der Waals surface area contributed by atoms with E-state index in [9.17, 15) is 0 Å². The van der Waals surface area contributed by atoms with E-state index in [2.05, 4.69) is 25.3 Å². The smallest absolute Gasteiger partial charge is 0.240 e. The Morgan fingerprint density at radius 3 is 2.86 bits per heavy atom. The van der Waals surface area contributed by atoms with Gasteiger partial charge in [-0.3, -0.25) is 5.43 Å². The van der Waals surface area contributed by atoms with E-state index in [1.807, 2.05) is 6.07 Å². The van der Waals surface area contributed by atoms with Crippen molar-refractivity contribution in [2.45, 2.75) is 0 Å². The Morgan fingerprint density at radius 1 is 1.27 bits per heavy atom. The lowest BCUT2D eigenvalue weighted by Crippen LogP contribution is -2.37. The quantitative estimate of drug-likeness (QED) is 0.553. The molecule has 1 aliphatic rings. The highest BCUT2D eigenvalue weighted by Gasteiger charge is 2.20. The van der Waals surface area contributed by atoms with Gasteiger partial charge >= 0.3 is 0 Å². The molecule has 0 radical (unpaired) electrons. The summed E-state index contributed by atoms with van der Waals surface area (Å²) in [5.41, 5.74) is 2.53. The van der Waals surface area contributed by atoms with Crippen molar-refractivity contribution in [1.82, 2.24) is 15.0 Å². The summed E-state index contributed by atoms with van der Waals surface area (Å²) >= 11 is 1.52. The lowest BCUT2D eigenvalue weighted by atomic mass is 10.3. The van der Waals surface area contributed by atoms with Gasteiger partial charge in [-0.15, -0.1) is 11.3 Å². The van der Waals surface area contributed by atoms with Crippen molar-refractivity contribution < 1.29 is 9.15 Å². The van der Waals surface area contributed by atoms with E-state index < -0.39 is 0 Å². The number of ether oxygens (including phenoxy) is 1. The van der Waals surface area contributed by atoms with Crippen LogP contribution in [0.4, 0.5) is 11.8 Å². The molecule has 3 aromatic heterocycles. The number of hydrogen-bond donors (Lipinski definition) is 2. The number of oxazole rings is 1. The SMILES string of the molecule is NNc1nc(N2CCOCC2)c2cc(-c3cnco3)sc2n1. The number of thiophene rings is 1. The highest BCUT2D eigenvalue weighted by molar-refractivity contribution is 7.21. The Kier molecular flexibility index (Phi) is 3.37. The Balaban J connectivity index is 1.86. The molecule has 0 amide bonds. The molecule has 9 heteroatoms. The number of morpholine rings is 1. The van der Waals surface area contributed by atoms with E-state index in [1.54, 1.807) is 6.20 Å². The number of nitrogens with one attached hydrogen (secondary N) is 1. The number of nitrogens with zero attached hydrogens (tertiary/aromatic N) is 4. The van der Waals surface area contributed by atoms with E-state index in [-0.39, 0.29) is 0 Å². The van der Waals surface area contributed by atoms with Crippen LogP contribution in [-0.4, -0.2) is 41.3 Å². The molecule has 1 fully saturated rings. The lowest BCUT2D eigenvalue weighted by Gasteiger charge is -2.28. The van der Waals surface area contributed by atoms with Crippen molar-refractivity contribution in [3.8, 4) is 10.6 Å². The normalized spacial score (nSPS) is 15.4. The van der Waals surface area contributed by atoms with Crippen molar-refractivity contribution in [3.05, 3.63) is 18.7 Å². The number of hydrogen-bond acceptors (Lipinski definition) is 9. The zero-order chi connectivity index (χ0) is 14.9. The second-order valence-electron chi connectivity index (χ2n) is 4.81. The van der Waals surface area contributed by atoms with Crippen LogP contribution < -0.4 is 16.2 Å². The van der Waals surface area contributed by atoms with Crippen LogP contribution in [0.3, 0.4) is 0 Å². The zero-order valence-electron chi connectivity index (χ0n) is 11.7. The van der Waals surface area contributed by atoms with E-state index in [0.29, 0.717) is 19.2 Å². The molecule has 114 valence electrons. The molecule has 3 aromatic rings. The average molecular weight is 318 g/mol. The van der Waals surface area contributed by atoms with Gasteiger partial charge in [-0.05, 0) is 6.07 Å². The highest BCUT2D eigenvalue weighted by Crippen LogP contribution is 2.37. The van der Waals surface area contributed by atoms with Crippen LogP contribution in [-0.2, 0) is 4.74 Å². The summed E-state index contributed by atoms with van der Waals surface area (Å²) < 4.78 is 10.8. The number of rotatable bonds is 3. The van der Waals surface area contributed by atoms with Gasteiger partial charge < -0.3 is 14.1 Å². The molecule has 1 aliphatic heterocycles. The summed E-state index contributed by atoms with van der Waals surface area (Å²) in [6.07, 6.45) is 3.11. The summed E-state index contributed by atoms with van der Waals surface area (Å²) in [5, 5.41) is 0.984. The summed E-state index contributed by atoms with van der Waals surface area (Å²) in [7, 11) is 0. The van der Waals surface area contributed by atoms with Crippen molar-refractivity contribution >= 4 is 33.3 Å². The van der Waals surface area contributed by atoms with Gasteiger partial charge in [-0.1, -0.05) is 0 Å². The molecule has 0 aliphatic carbocycles. The molecule has 0 saturated carbocycles. The molecular weight excluding hydrogens is 304 g/mol. The van der Waals surface area contributed by atoms with E-state index >= 15 is 0 Å². The fourth-order valence-electron chi connectivity index (χ4n) is 2.45. The van der Waals surface area contributed by atoms with Gasteiger partial charge in [-0.25, -0.2) is 15.8 Å². The van der Waals surface area contributed by atoms with Gasteiger partial charge in [0.2, 0.25) is 5.95 Å². The summed E-state index contributed by atoms with van der Waals surface area (Å²) in [4.78, 5) is 16.9. The van der Waals surface area contributed by atoms with Crippen molar-refractivity contribution in [2.75, 3.05) is 36.6 Å². The first-order valence-corrected chi connectivity index (χ1v) is 7.66. The summed E-state index contributed by atoms with van der Waals surface area (Å²) in [5.74, 6) is 7.49. The minimum Gasteiger partial charge on any atom is -0.443 e. The third-order valence-corrected chi connectivity index (χ3v) is 4.53. The monoisotopic (exact) mass is 318 g/mol. The predicted octanol–water partition coefficient (Wildman–Crippen LogP) is 1.47. The standard InChI is InChI=1S/C13H14N6O2S/c14-18-13-16-11(19-1-3-20-4-2-19)8-5-10(22-12(8)17-13)9-6-15-7-21-9/h5-7H,1-4,14H2,(H,16,17,18). The molecular formula is C13H14N6O2S. The first-order chi connectivity index (χ1) is 10.8. The number of nitrogen functional groups attached to an aromatic ring is 1. The van der Waals surface area contributed by atoms with Crippen molar-refractivity contribution in [1.29, 1.82) is 0 Å². The molecule has 0 aromatic carbocycles. The number of hydrazine groups is 1. The maximum atomic E-state index is 5.50. The average Bonchev–Trinajstić information content (AvgIpc) is 3.23. The Labute approximate surface area is 129 Å². The number of fused-ring (bicyclic) bond motifs is 1. The third kappa shape index (κ3) is 2.28. The van der Waals surface area contributed by atoms with E-state index in [4.69, 9.17) is 15.0 Å². The number of aromatic nitrogens is 3. The van der Waals surface area contributed by atoms with Crippen molar-refractivity contribution in [3.63, 3.8) is 0 Å². The molecule has 22 heavy (non-hydrogen) atoms. The molecule has 0 unspecified atom stereocenters. The second-order valence-corrected chi connectivity index (χ2v) is 5.84. The van der Waals surface area contributed by atoms with Crippen LogP contribution in [0.5, 0.6) is 0 Å². The van der Waals surface area contributed by atoms with Crippen LogP contribution in [0.2, 0.25) is 0 Å². The molecule has 3 N–H and O–H groups in total. The fraction of sp³-hybridized carbons (Fsp3) is 0.308. The maximum Gasteiger partial charge on any atom is 0.240 e. The number of anilines is 2. The fourth-order valence-corrected chi connectivity index (χ4v) is 3.42. The lowest BCUT2D eigenvalue weighted by molar-refractivity contribution is 0.122. The molecule has 0 atom stereocenters. The van der Waals surface area contributed by atoms with Gasteiger partial charge in [-0.2, -0.15) is 4.98 Å². The summed E-state index contributed by atoms with van der Waals surface area (Å²) in [6.45, 7) is 2.97. The third-order valence-electron chi connectivity index (χ3n) is 3.49. The van der Waals surface area contributed by atoms with Crippen LogP contribution >= 0.6 is 11.3 Å². The molecule has 0 bridgehead atoms. The molecule has 4 heterocycles. The van der Waals surface area contributed by atoms with Crippen LogP contribution in [0.15, 0.2) is 23.1 Å². The largest absolute Gasteiger partial charge is 0.443 e. The summed E-state index contributed by atoms with van der Waals surface area (Å²) in [6, 6.07) is 2.03. The highest BCUT2D eigenvalue weighted by atomic mass is 32.1. The predicted molar refractivity (Wildman–Crippen MR) is 83.8 cm³/mol. The minimum absolute atomic E-state index is 0.403. The first-order valence-electron chi connectivity index (χ1n) is 6.85. The van der Waals surface area contributed by atoms with Gasteiger partial charge in [0.05, 0.1) is 29.7 Å². The van der Waals surface area contributed by atoms with Gasteiger partial charge in [0.1, 0.15) is 10.6 Å². The Bertz CT molecular complexity index is 781. The van der Waals surface area contributed by atoms with Crippen LogP contribution in [0, 0.1) is 0 Å². The Hall–Kier alpha value is -2.23. The van der Waals surface area contributed by atoms with Gasteiger partial charge in [0, 0.05) is 13.1 Å². The molecule has 1 saturated heterocycles. The topological polar surface area (TPSA) is 102 Å². The van der Waals surface area contributed by atoms with Crippen LogP contribution in [0.1, 0.15) is 0 Å².